The molecule has 0 aliphatic carbocycles. The number of piperidine rings is 1. The molecule has 11 nitrogen and oxygen atoms in total. The summed E-state index contributed by atoms with van der Waals surface area (Å²) < 4.78 is 7.55. The Bertz CT molecular complexity index is 1730. The van der Waals surface area contributed by atoms with Crippen LogP contribution in [0.4, 0.5) is 10.5 Å². The average molecular weight is 636 g/mol. The summed E-state index contributed by atoms with van der Waals surface area (Å²) in [6.45, 7) is 5.02. The summed E-state index contributed by atoms with van der Waals surface area (Å²) in [6.07, 6.45) is 0.908. The number of benzene rings is 3. The Morgan fingerprint density at radius 3 is 2.34 bits per heavy atom. The number of likely N-dealkylation sites (tertiary alicyclic amines) is 1. The van der Waals surface area contributed by atoms with Crippen LogP contribution >= 0.6 is 0 Å². The molecule has 1 fully saturated rings. The molecular formula is C36H41N7O4. The van der Waals surface area contributed by atoms with Crippen LogP contribution in [-0.2, 0) is 31.4 Å². The molecule has 6 rings (SSSR count). The van der Waals surface area contributed by atoms with Gasteiger partial charge in [0.2, 0.25) is 0 Å². The van der Waals surface area contributed by atoms with Crippen molar-refractivity contribution in [3.8, 4) is 11.1 Å². The number of carbonyl (C=O) groups excluding carboxylic acids is 3. The molecule has 47 heavy (non-hydrogen) atoms. The number of aromatic nitrogens is 2. The van der Waals surface area contributed by atoms with E-state index in [-0.39, 0.29) is 12.0 Å². The minimum atomic E-state index is -0.517. The van der Waals surface area contributed by atoms with Gasteiger partial charge in [0.05, 0.1) is 17.1 Å². The monoisotopic (exact) mass is 635 g/mol. The summed E-state index contributed by atoms with van der Waals surface area (Å²) in [5.41, 5.74) is 11.8. The summed E-state index contributed by atoms with van der Waals surface area (Å²) >= 11 is 0. The first-order valence-electron chi connectivity index (χ1n) is 16.0. The average Bonchev–Trinajstić information content (AvgIpc) is 3.62. The fraction of sp³-hybridized carbons (Fsp3) is 0.333. The Balaban J connectivity index is 0.916. The second-order valence-corrected chi connectivity index (χ2v) is 12.3. The number of ether oxygens (including phenoxy) is 1. The Kier molecular flexibility index (Phi) is 9.65. The van der Waals surface area contributed by atoms with Crippen molar-refractivity contribution < 1.29 is 19.1 Å². The lowest BCUT2D eigenvalue weighted by Crippen LogP contribution is -2.42. The van der Waals surface area contributed by atoms with Gasteiger partial charge in [0.1, 0.15) is 6.10 Å². The van der Waals surface area contributed by atoms with Crippen molar-refractivity contribution in [2.24, 2.45) is 12.8 Å². The number of para-hydroxylation sites is 1. The Morgan fingerprint density at radius 2 is 1.64 bits per heavy atom. The van der Waals surface area contributed by atoms with E-state index in [1.807, 2.05) is 93.0 Å². The van der Waals surface area contributed by atoms with Gasteiger partial charge in [-0.1, -0.05) is 60.7 Å². The molecule has 3 aromatic carbocycles. The van der Waals surface area contributed by atoms with Crippen LogP contribution < -0.4 is 11.1 Å². The summed E-state index contributed by atoms with van der Waals surface area (Å²) in [5, 5.41) is 2.93. The van der Waals surface area contributed by atoms with Gasteiger partial charge in [0.15, 0.2) is 5.82 Å². The molecule has 0 saturated carbocycles. The number of imidazole rings is 1. The maximum absolute atomic E-state index is 13.1. The highest BCUT2D eigenvalue weighted by Crippen LogP contribution is 2.28. The van der Waals surface area contributed by atoms with Crippen LogP contribution in [0.25, 0.3) is 11.1 Å². The van der Waals surface area contributed by atoms with E-state index in [9.17, 15) is 14.4 Å². The van der Waals surface area contributed by atoms with E-state index in [0.29, 0.717) is 31.0 Å². The molecule has 3 N–H and O–H groups in total. The molecule has 0 bridgehead atoms. The molecule has 0 spiro atoms. The van der Waals surface area contributed by atoms with Crippen LogP contribution in [0.3, 0.4) is 0 Å². The summed E-state index contributed by atoms with van der Waals surface area (Å²) in [7, 11) is 3.65. The van der Waals surface area contributed by atoms with E-state index >= 15 is 0 Å². The fourth-order valence-corrected chi connectivity index (χ4v) is 6.35. The highest BCUT2D eigenvalue weighted by Gasteiger charge is 2.27. The van der Waals surface area contributed by atoms with E-state index in [4.69, 9.17) is 10.5 Å². The Hall–Kier alpha value is -5.00. The maximum Gasteiger partial charge on any atom is 0.411 e. The second kappa shape index (κ2) is 14.2. The molecule has 0 atom stereocenters. The third-order valence-corrected chi connectivity index (χ3v) is 9.03. The van der Waals surface area contributed by atoms with Crippen LogP contribution in [0, 0.1) is 0 Å². The number of nitrogens with zero attached hydrogens (tertiary/aromatic N) is 5. The molecule has 4 aromatic rings. The number of likely N-dealkylation sites (N-methyl/N-ethyl adjacent to an activating group) is 1. The minimum Gasteiger partial charge on any atom is -0.446 e. The third kappa shape index (κ3) is 7.53. The number of fused-ring (bicyclic) bond motifs is 1. The first kappa shape index (κ1) is 32.0. The van der Waals surface area contributed by atoms with Crippen LogP contribution in [0.2, 0.25) is 0 Å². The van der Waals surface area contributed by atoms with E-state index in [1.54, 1.807) is 9.47 Å². The van der Waals surface area contributed by atoms with Crippen molar-refractivity contribution in [1.29, 1.82) is 0 Å². The lowest BCUT2D eigenvalue weighted by atomic mass is 10.0. The zero-order valence-electron chi connectivity index (χ0n) is 26.9. The smallest absolute Gasteiger partial charge is 0.411 e. The number of nitrogens with one attached hydrogen (secondary N) is 1. The number of hydrogen-bond acceptors (Lipinski definition) is 7. The predicted molar refractivity (Wildman–Crippen MR) is 180 cm³/mol. The van der Waals surface area contributed by atoms with Gasteiger partial charge in [-0.15, -0.1) is 0 Å². The summed E-state index contributed by atoms with van der Waals surface area (Å²) in [4.78, 5) is 48.2. The lowest BCUT2D eigenvalue weighted by molar-refractivity contribution is 0.0540. The summed E-state index contributed by atoms with van der Waals surface area (Å²) in [5.74, 6) is -0.239. The number of carbonyl (C=O) groups is 3. The van der Waals surface area contributed by atoms with Gasteiger partial charge in [-0.2, -0.15) is 0 Å². The van der Waals surface area contributed by atoms with Gasteiger partial charge >= 0.3 is 6.09 Å². The van der Waals surface area contributed by atoms with Gasteiger partial charge in [-0.05, 0) is 42.2 Å². The summed E-state index contributed by atoms with van der Waals surface area (Å²) in [6, 6.07) is 25.4. The predicted octanol–water partition coefficient (Wildman–Crippen LogP) is 4.49. The highest BCUT2D eigenvalue weighted by molar-refractivity contribution is 5.94. The van der Waals surface area contributed by atoms with Crippen molar-refractivity contribution in [2.45, 2.75) is 38.6 Å². The van der Waals surface area contributed by atoms with Crippen molar-refractivity contribution in [2.75, 3.05) is 38.5 Å². The standard InChI is InChI=1S/C36H41N7O4/c1-40(35(45)27-14-12-25(13-15-27)22-43-23-31-32(24-43)41(2)34(38-31)33(37)44)20-21-42-18-16-28(17-19-42)47-36(46)39-30-11-7-6-10-29(30)26-8-4-3-5-9-26/h3-15,28H,16-24H2,1-2H3,(H2,37,44)(H,39,46). The molecule has 3 amide bonds. The molecular weight excluding hydrogens is 594 g/mol. The minimum absolute atomic E-state index is 0.0148. The Morgan fingerprint density at radius 1 is 0.936 bits per heavy atom. The molecule has 1 aromatic heterocycles. The molecule has 11 heteroatoms. The second-order valence-electron chi connectivity index (χ2n) is 12.3. The first-order valence-corrected chi connectivity index (χ1v) is 16.0. The highest BCUT2D eigenvalue weighted by atomic mass is 16.6. The zero-order chi connectivity index (χ0) is 32.9. The molecule has 0 unspecified atom stereocenters. The van der Waals surface area contributed by atoms with Crippen LogP contribution in [0.15, 0.2) is 78.9 Å². The van der Waals surface area contributed by atoms with Crippen molar-refractivity contribution >= 4 is 23.6 Å². The van der Waals surface area contributed by atoms with Gasteiger partial charge in [0.25, 0.3) is 11.8 Å². The number of primary amides is 1. The largest absolute Gasteiger partial charge is 0.446 e. The normalized spacial score (nSPS) is 15.3. The van der Waals surface area contributed by atoms with E-state index in [1.165, 1.54) is 0 Å². The van der Waals surface area contributed by atoms with Gasteiger partial charge in [-0.3, -0.25) is 19.8 Å². The number of nitrogens with two attached hydrogens (primary N) is 1. The van der Waals surface area contributed by atoms with E-state index < -0.39 is 12.0 Å². The molecule has 1 saturated heterocycles. The SMILES string of the molecule is CN(CCN1CCC(OC(=O)Nc2ccccc2-c2ccccc2)CC1)C(=O)c1ccc(CN2Cc3nc(C(N)=O)n(C)c3C2)cc1. The maximum atomic E-state index is 13.1. The lowest BCUT2D eigenvalue weighted by Gasteiger charge is -2.32. The zero-order valence-corrected chi connectivity index (χ0v) is 26.9. The van der Waals surface area contributed by atoms with Gasteiger partial charge in [0, 0.05) is 71.0 Å². The number of amides is 3. The third-order valence-electron chi connectivity index (χ3n) is 9.03. The van der Waals surface area contributed by atoms with Crippen molar-refractivity contribution in [3.63, 3.8) is 0 Å². The van der Waals surface area contributed by atoms with Gasteiger partial charge in [-0.25, -0.2) is 9.78 Å². The van der Waals surface area contributed by atoms with Crippen LogP contribution in [0.1, 0.15) is 50.8 Å². The number of hydrogen-bond donors (Lipinski definition) is 2. The molecule has 2 aliphatic rings. The molecule has 0 radical (unpaired) electrons. The first-order chi connectivity index (χ1) is 22.7. The molecule has 2 aliphatic heterocycles. The molecule has 3 heterocycles. The van der Waals surface area contributed by atoms with Crippen LogP contribution in [-0.4, -0.2) is 81.5 Å². The quantitative estimate of drug-likeness (QED) is 0.263. The van der Waals surface area contributed by atoms with E-state index in [2.05, 4.69) is 20.1 Å². The fourth-order valence-electron chi connectivity index (χ4n) is 6.35. The van der Waals surface area contributed by atoms with Crippen LogP contribution in [0.5, 0.6) is 0 Å². The van der Waals surface area contributed by atoms with Gasteiger partial charge < -0.3 is 24.8 Å². The molecule has 244 valence electrons. The topological polar surface area (TPSA) is 126 Å². The number of rotatable bonds is 10. The number of anilines is 1. The van der Waals surface area contributed by atoms with Crippen molar-refractivity contribution in [3.05, 3.63) is 107 Å². The van der Waals surface area contributed by atoms with Crippen molar-refractivity contribution in [1.82, 2.24) is 24.3 Å². The van der Waals surface area contributed by atoms with E-state index in [0.717, 1.165) is 72.8 Å². The Labute approximate surface area is 274 Å².